The molecule has 130 valence electrons. The Labute approximate surface area is 157 Å². The fourth-order valence-corrected chi connectivity index (χ4v) is 3.70. The Balaban J connectivity index is 2.92. The lowest BCUT2D eigenvalue weighted by Gasteiger charge is -2.37. The van der Waals surface area contributed by atoms with E-state index in [1.54, 1.807) is 6.08 Å². The van der Waals surface area contributed by atoms with E-state index in [9.17, 15) is 4.79 Å². The molecule has 1 rings (SSSR count). The van der Waals surface area contributed by atoms with Gasteiger partial charge in [0, 0.05) is 18.2 Å². The molecule has 0 spiro atoms. The Morgan fingerprint density at radius 3 is 2.74 bits per heavy atom. The van der Waals surface area contributed by atoms with Crippen LogP contribution in [0.15, 0.2) is 12.2 Å². The van der Waals surface area contributed by atoms with Gasteiger partial charge in [0.1, 0.15) is 6.10 Å². The van der Waals surface area contributed by atoms with E-state index in [1.165, 1.54) is 6.92 Å². The van der Waals surface area contributed by atoms with Gasteiger partial charge in [-0.3, -0.25) is 4.79 Å². The SMILES string of the molecule is C#CC=CCC1OC(C(Br)CC)CC(OC(C)=O)C(Cl)CC1Cl. The third-order valence-electron chi connectivity index (χ3n) is 3.76. The number of esters is 1. The van der Waals surface area contributed by atoms with Gasteiger partial charge in [-0.15, -0.1) is 29.6 Å². The molecule has 0 bridgehead atoms. The molecule has 0 aliphatic carbocycles. The molecule has 1 aliphatic rings. The summed E-state index contributed by atoms with van der Waals surface area (Å²) in [4.78, 5) is 11.5. The standard InChI is InChI=1S/C17H23BrCl2O3/c1-4-6-7-8-15-13(19)9-14(20)17(22-11(3)21)10-16(23-15)12(18)5-2/h1,6-7,12-17H,5,8-10H2,2-3H3. The first-order chi connectivity index (χ1) is 10.9. The predicted molar refractivity (Wildman–Crippen MR) is 98.3 cm³/mol. The number of allylic oxidation sites excluding steroid dienone is 1. The molecule has 0 radical (unpaired) electrons. The molecule has 1 aliphatic heterocycles. The van der Waals surface area contributed by atoms with Crippen LogP contribution in [0, 0.1) is 12.3 Å². The van der Waals surface area contributed by atoms with Gasteiger partial charge in [-0.1, -0.05) is 34.9 Å². The monoisotopic (exact) mass is 424 g/mol. The van der Waals surface area contributed by atoms with Gasteiger partial charge in [0.05, 0.1) is 23.0 Å². The van der Waals surface area contributed by atoms with Gasteiger partial charge in [0.15, 0.2) is 0 Å². The Morgan fingerprint density at radius 2 is 2.17 bits per heavy atom. The van der Waals surface area contributed by atoms with E-state index in [0.717, 1.165) is 6.42 Å². The highest BCUT2D eigenvalue weighted by Crippen LogP contribution is 2.32. The van der Waals surface area contributed by atoms with Crippen molar-refractivity contribution in [1.82, 2.24) is 0 Å². The number of hydrogen-bond donors (Lipinski definition) is 0. The van der Waals surface area contributed by atoms with Gasteiger partial charge >= 0.3 is 5.97 Å². The van der Waals surface area contributed by atoms with E-state index >= 15 is 0 Å². The number of carbonyl (C=O) groups is 1. The van der Waals surface area contributed by atoms with Gasteiger partial charge in [-0.05, 0) is 25.3 Å². The van der Waals surface area contributed by atoms with Gasteiger partial charge in [0.25, 0.3) is 0 Å². The zero-order valence-corrected chi connectivity index (χ0v) is 16.5. The molecule has 0 N–H and O–H groups in total. The molecule has 0 saturated carbocycles. The van der Waals surface area contributed by atoms with E-state index in [1.807, 2.05) is 6.08 Å². The van der Waals surface area contributed by atoms with Crippen molar-refractivity contribution in [2.75, 3.05) is 0 Å². The van der Waals surface area contributed by atoms with Crippen molar-refractivity contribution in [1.29, 1.82) is 0 Å². The van der Waals surface area contributed by atoms with Crippen LogP contribution in [-0.2, 0) is 14.3 Å². The van der Waals surface area contributed by atoms with Crippen LogP contribution in [0.2, 0.25) is 0 Å². The topological polar surface area (TPSA) is 35.5 Å². The lowest BCUT2D eigenvalue weighted by molar-refractivity contribution is -0.150. The van der Waals surface area contributed by atoms with E-state index in [2.05, 4.69) is 28.8 Å². The molecule has 6 atom stereocenters. The average Bonchev–Trinajstić information content (AvgIpc) is 2.49. The van der Waals surface area contributed by atoms with Crippen molar-refractivity contribution >= 4 is 45.1 Å². The van der Waals surface area contributed by atoms with Crippen molar-refractivity contribution in [3.8, 4) is 12.3 Å². The first-order valence-corrected chi connectivity index (χ1v) is 9.53. The maximum absolute atomic E-state index is 11.3. The molecule has 0 aromatic heterocycles. The number of hydrogen-bond acceptors (Lipinski definition) is 3. The van der Waals surface area contributed by atoms with Crippen molar-refractivity contribution < 1.29 is 14.3 Å². The van der Waals surface area contributed by atoms with Crippen LogP contribution >= 0.6 is 39.1 Å². The van der Waals surface area contributed by atoms with E-state index < -0.39 is 6.10 Å². The molecule has 6 unspecified atom stereocenters. The quantitative estimate of drug-likeness (QED) is 0.371. The summed E-state index contributed by atoms with van der Waals surface area (Å²) in [5, 5.41) is -0.624. The van der Waals surface area contributed by atoms with Crippen LogP contribution in [0.4, 0.5) is 0 Å². The van der Waals surface area contributed by atoms with Crippen LogP contribution in [-0.4, -0.2) is 39.9 Å². The van der Waals surface area contributed by atoms with Crippen LogP contribution in [0.3, 0.4) is 0 Å². The summed E-state index contributed by atoms with van der Waals surface area (Å²) >= 11 is 16.6. The summed E-state index contributed by atoms with van der Waals surface area (Å²) in [6, 6.07) is 0. The Bertz CT molecular complexity index is 450. The summed E-state index contributed by atoms with van der Waals surface area (Å²) in [5.41, 5.74) is 0. The Hall–Kier alpha value is -0.210. The summed E-state index contributed by atoms with van der Waals surface area (Å²) in [7, 11) is 0. The minimum atomic E-state index is -0.408. The van der Waals surface area contributed by atoms with Crippen LogP contribution in [0.1, 0.15) is 39.5 Å². The minimum Gasteiger partial charge on any atom is -0.461 e. The number of terminal acetylenes is 1. The molecule has 1 saturated heterocycles. The van der Waals surface area contributed by atoms with E-state index in [0.29, 0.717) is 19.3 Å². The summed E-state index contributed by atoms with van der Waals surface area (Å²) in [6.45, 7) is 3.45. The highest BCUT2D eigenvalue weighted by molar-refractivity contribution is 9.09. The van der Waals surface area contributed by atoms with Crippen LogP contribution < -0.4 is 0 Å². The molecule has 1 heterocycles. The Kier molecular flexibility index (Phi) is 9.61. The van der Waals surface area contributed by atoms with Crippen molar-refractivity contribution in [2.24, 2.45) is 0 Å². The van der Waals surface area contributed by atoms with Crippen molar-refractivity contribution in [2.45, 2.75) is 73.4 Å². The number of ether oxygens (including phenoxy) is 2. The molecular formula is C17H23BrCl2O3. The molecule has 1 fully saturated rings. The van der Waals surface area contributed by atoms with Gasteiger partial charge in [-0.2, -0.15) is 0 Å². The number of halogens is 3. The molecular weight excluding hydrogens is 403 g/mol. The molecule has 0 aromatic carbocycles. The van der Waals surface area contributed by atoms with E-state index in [4.69, 9.17) is 39.1 Å². The molecule has 23 heavy (non-hydrogen) atoms. The predicted octanol–water partition coefficient (Wildman–Crippen LogP) is 4.43. The zero-order valence-electron chi connectivity index (χ0n) is 13.4. The lowest BCUT2D eigenvalue weighted by Crippen LogP contribution is -2.44. The average molecular weight is 426 g/mol. The largest absolute Gasteiger partial charge is 0.461 e. The molecule has 6 heteroatoms. The second kappa shape index (κ2) is 10.6. The van der Waals surface area contributed by atoms with E-state index in [-0.39, 0.29) is 33.8 Å². The van der Waals surface area contributed by atoms with Crippen LogP contribution in [0.25, 0.3) is 0 Å². The maximum Gasteiger partial charge on any atom is 0.302 e. The molecule has 0 amide bonds. The lowest BCUT2D eigenvalue weighted by atomic mass is 9.96. The van der Waals surface area contributed by atoms with Gasteiger partial charge in [0.2, 0.25) is 0 Å². The highest BCUT2D eigenvalue weighted by Gasteiger charge is 2.37. The summed E-state index contributed by atoms with van der Waals surface area (Å²) in [5.74, 6) is 2.12. The fourth-order valence-electron chi connectivity index (χ4n) is 2.56. The fraction of sp³-hybridized carbons (Fsp3) is 0.706. The number of carbonyl (C=O) groups excluding carboxylic acids is 1. The van der Waals surface area contributed by atoms with Crippen molar-refractivity contribution in [3.63, 3.8) is 0 Å². The van der Waals surface area contributed by atoms with Gasteiger partial charge < -0.3 is 9.47 Å². The highest BCUT2D eigenvalue weighted by atomic mass is 79.9. The Morgan fingerprint density at radius 1 is 1.48 bits per heavy atom. The number of rotatable bonds is 5. The molecule has 3 nitrogen and oxygen atoms in total. The summed E-state index contributed by atoms with van der Waals surface area (Å²) < 4.78 is 11.6. The third-order valence-corrected chi connectivity index (χ3v) is 5.92. The second-order valence-corrected chi connectivity index (χ2v) is 7.89. The smallest absolute Gasteiger partial charge is 0.302 e. The normalized spacial score (nSPS) is 33.5. The minimum absolute atomic E-state index is 0.130. The van der Waals surface area contributed by atoms with Crippen molar-refractivity contribution in [3.05, 3.63) is 12.2 Å². The third kappa shape index (κ3) is 7.05. The zero-order chi connectivity index (χ0) is 17.4. The summed E-state index contributed by atoms with van der Waals surface area (Å²) in [6.07, 6.45) is 10.6. The first-order valence-electron chi connectivity index (χ1n) is 7.75. The second-order valence-electron chi connectivity index (χ2n) is 5.59. The maximum atomic E-state index is 11.3. The van der Waals surface area contributed by atoms with Gasteiger partial charge in [-0.25, -0.2) is 0 Å². The molecule has 0 aromatic rings. The number of alkyl halides is 3. The van der Waals surface area contributed by atoms with Crippen LogP contribution in [0.5, 0.6) is 0 Å². The first kappa shape index (κ1) is 20.8.